The van der Waals surface area contributed by atoms with Crippen LogP contribution in [0, 0.1) is 0 Å². The molecule has 1 N–H and O–H groups in total. The summed E-state index contributed by atoms with van der Waals surface area (Å²) in [6.45, 7) is 4.92. The molecule has 0 atom stereocenters. The first-order valence-electron chi connectivity index (χ1n) is 6.55. The van der Waals surface area contributed by atoms with Gasteiger partial charge in [0.2, 0.25) is 0 Å². The summed E-state index contributed by atoms with van der Waals surface area (Å²) < 4.78 is 5.75. The third-order valence-corrected chi connectivity index (χ3v) is 3.45. The predicted octanol–water partition coefficient (Wildman–Crippen LogP) is 2.89. The first-order chi connectivity index (χ1) is 9.54. The molecule has 108 valence electrons. The summed E-state index contributed by atoms with van der Waals surface area (Å²) in [5.41, 5.74) is 1.09. The number of aromatic nitrogens is 2. The Morgan fingerprint density at radius 2 is 2.10 bits per heavy atom. The molecule has 2 aromatic rings. The van der Waals surface area contributed by atoms with E-state index >= 15 is 0 Å². The minimum absolute atomic E-state index is 0.431. The Bertz CT molecular complexity index is 554. The molecule has 0 amide bonds. The van der Waals surface area contributed by atoms with Crippen molar-refractivity contribution in [3.63, 3.8) is 0 Å². The van der Waals surface area contributed by atoms with Gasteiger partial charge in [0.05, 0.1) is 6.54 Å². The molecule has 0 bridgehead atoms. The summed E-state index contributed by atoms with van der Waals surface area (Å²) in [6.07, 6.45) is 0. The number of anilines is 1. The van der Waals surface area contributed by atoms with Crippen molar-refractivity contribution in [1.82, 2.24) is 15.5 Å². The summed E-state index contributed by atoms with van der Waals surface area (Å²) in [4.78, 5) is 2.03. The van der Waals surface area contributed by atoms with Crippen molar-refractivity contribution in [2.24, 2.45) is 0 Å². The molecule has 5 nitrogen and oxygen atoms in total. The molecular weight excluding hydrogens is 272 g/mol. The molecule has 0 radical (unpaired) electrons. The maximum absolute atomic E-state index is 5.75. The third kappa shape index (κ3) is 4.18. The molecule has 0 saturated heterocycles. The molecule has 1 aromatic heterocycles. The Balaban J connectivity index is 2.01. The molecule has 2 rings (SSSR count). The van der Waals surface area contributed by atoms with Crippen LogP contribution in [0.2, 0.25) is 0 Å². The number of nitrogens with one attached hydrogen (secondary N) is 1. The quantitative estimate of drug-likeness (QED) is 0.887. The van der Waals surface area contributed by atoms with Gasteiger partial charge in [-0.3, -0.25) is 0 Å². The van der Waals surface area contributed by atoms with E-state index in [1.165, 1.54) is 11.3 Å². The number of nitrogens with zero attached hydrogens (tertiary/aromatic N) is 3. The maximum Gasteiger partial charge on any atom is 0.299 e. The van der Waals surface area contributed by atoms with E-state index in [-0.39, 0.29) is 0 Å². The zero-order chi connectivity index (χ0) is 14.5. The Kier molecular flexibility index (Phi) is 4.92. The van der Waals surface area contributed by atoms with Gasteiger partial charge in [-0.25, -0.2) is 0 Å². The van der Waals surface area contributed by atoms with Gasteiger partial charge in [-0.15, -0.1) is 5.10 Å². The molecule has 1 heterocycles. The van der Waals surface area contributed by atoms with Gasteiger partial charge in [-0.2, -0.15) is 0 Å². The molecule has 0 aliphatic carbocycles. The first kappa shape index (κ1) is 14.7. The van der Waals surface area contributed by atoms with Gasteiger partial charge in [0, 0.05) is 31.9 Å². The van der Waals surface area contributed by atoms with Crippen molar-refractivity contribution in [2.75, 3.05) is 19.0 Å². The predicted molar refractivity (Wildman–Crippen MR) is 82.7 cm³/mol. The lowest BCUT2D eigenvalue weighted by Gasteiger charge is -2.12. The van der Waals surface area contributed by atoms with Crippen LogP contribution in [0.3, 0.4) is 0 Å². The van der Waals surface area contributed by atoms with E-state index in [1.54, 1.807) is 0 Å². The van der Waals surface area contributed by atoms with E-state index in [2.05, 4.69) is 29.4 Å². The van der Waals surface area contributed by atoms with Crippen molar-refractivity contribution >= 4 is 17.0 Å². The number of ether oxygens (including phenoxy) is 1. The highest BCUT2D eigenvalue weighted by Gasteiger charge is 2.07. The van der Waals surface area contributed by atoms with E-state index in [0.29, 0.717) is 11.2 Å². The molecular formula is C14H20N4OS. The van der Waals surface area contributed by atoms with Crippen LogP contribution in [0.25, 0.3) is 0 Å². The molecule has 0 spiro atoms. The first-order valence-corrected chi connectivity index (χ1v) is 7.37. The lowest BCUT2D eigenvalue weighted by atomic mass is 10.3. The van der Waals surface area contributed by atoms with Crippen LogP contribution in [0.15, 0.2) is 24.3 Å². The van der Waals surface area contributed by atoms with Gasteiger partial charge in [-0.05, 0) is 12.1 Å². The minimum Gasteiger partial charge on any atom is -0.430 e. The lowest BCUT2D eigenvalue weighted by molar-refractivity contribution is 0.473. The van der Waals surface area contributed by atoms with Gasteiger partial charge < -0.3 is 15.0 Å². The molecule has 20 heavy (non-hydrogen) atoms. The molecule has 6 heteroatoms. The summed E-state index contributed by atoms with van der Waals surface area (Å²) in [6, 6.07) is 8.33. The Morgan fingerprint density at radius 3 is 2.80 bits per heavy atom. The highest BCUT2D eigenvalue weighted by atomic mass is 32.1. The minimum atomic E-state index is 0.431. The molecule has 0 unspecified atom stereocenters. The summed E-state index contributed by atoms with van der Waals surface area (Å²) >= 11 is 1.46. The standard InChI is InChI=1S/C14H20N4OS/c1-10(2)15-9-13-16-17-14(20-13)19-12-7-5-6-11(8-12)18(3)4/h5-8,10,15H,9H2,1-4H3. The van der Waals surface area contributed by atoms with Crippen molar-refractivity contribution in [2.45, 2.75) is 26.4 Å². The third-order valence-electron chi connectivity index (χ3n) is 2.65. The van der Waals surface area contributed by atoms with Gasteiger partial charge >= 0.3 is 0 Å². The van der Waals surface area contributed by atoms with Crippen LogP contribution in [-0.4, -0.2) is 30.3 Å². The van der Waals surface area contributed by atoms with Gasteiger partial charge in [0.1, 0.15) is 10.8 Å². The average Bonchev–Trinajstić information content (AvgIpc) is 2.84. The summed E-state index contributed by atoms with van der Waals surface area (Å²) in [5.74, 6) is 0.774. The Morgan fingerprint density at radius 1 is 1.30 bits per heavy atom. The second-order valence-electron chi connectivity index (χ2n) is 4.99. The van der Waals surface area contributed by atoms with Crippen LogP contribution in [0.1, 0.15) is 18.9 Å². The molecule has 0 aliphatic heterocycles. The van der Waals surface area contributed by atoms with Crippen molar-refractivity contribution < 1.29 is 4.74 Å². The summed E-state index contributed by atoms with van der Waals surface area (Å²) in [7, 11) is 4.00. The number of benzene rings is 1. The van der Waals surface area contributed by atoms with E-state index in [9.17, 15) is 0 Å². The van der Waals surface area contributed by atoms with Gasteiger partial charge in [0.25, 0.3) is 5.19 Å². The monoisotopic (exact) mass is 292 g/mol. The zero-order valence-corrected chi connectivity index (χ0v) is 13.1. The van der Waals surface area contributed by atoms with Crippen LogP contribution in [0.4, 0.5) is 5.69 Å². The van der Waals surface area contributed by atoms with Crippen molar-refractivity contribution in [3.05, 3.63) is 29.3 Å². The largest absolute Gasteiger partial charge is 0.430 e. The number of rotatable bonds is 6. The number of hydrogen-bond acceptors (Lipinski definition) is 6. The molecule has 0 fully saturated rings. The average molecular weight is 292 g/mol. The fourth-order valence-corrected chi connectivity index (χ4v) is 2.23. The fraction of sp³-hybridized carbons (Fsp3) is 0.429. The van der Waals surface area contributed by atoms with Crippen LogP contribution in [0.5, 0.6) is 10.9 Å². The molecule has 0 aliphatic rings. The lowest BCUT2D eigenvalue weighted by Crippen LogP contribution is -2.21. The Hall–Kier alpha value is -1.66. The van der Waals surface area contributed by atoms with E-state index in [0.717, 1.165) is 23.0 Å². The van der Waals surface area contributed by atoms with E-state index < -0.39 is 0 Å². The molecule has 0 saturated carbocycles. The maximum atomic E-state index is 5.75. The van der Waals surface area contributed by atoms with E-state index in [1.807, 2.05) is 43.3 Å². The van der Waals surface area contributed by atoms with E-state index in [4.69, 9.17) is 4.74 Å². The highest BCUT2D eigenvalue weighted by Crippen LogP contribution is 2.27. The molecule has 1 aromatic carbocycles. The SMILES string of the molecule is CC(C)NCc1nnc(Oc2cccc(N(C)C)c2)s1. The summed E-state index contributed by atoms with van der Waals surface area (Å²) in [5, 5.41) is 13.0. The second kappa shape index (κ2) is 6.67. The van der Waals surface area contributed by atoms with Crippen LogP contribution in [-0.2, 0) is 6.54 Å². The van der Waals surface area contributed by atoms with Gasteiger partial charge in [0.15, 0.2) is 0 Å². The van der Waals surface area contributed by atoms with Crippen LogP contribution < -0.4 is 15.0 Å². The normalized spacial score (nSPS) is 10.8. The smallest absolute Gasteiger partial charge is 0.299 e. The Labute approximate surface area is 123 Å². The topological polar surface area (TPSA) is 50.3 Å². The fourth-order valence-electron chi connectivity index (χ4n) is 1.57. The van der Waals surface area contributed by atoms with Crippen LogP contribution >= 0.6 is 11.3 Å². The van der Waals surface area contributed by atoms with Crippen molar-refractivity contribution in [3.8, 4) is 10.9 Å². The van der Waals surface area contributed by atoms with Gasteiger partial charge in [-0.1, -0.05) is 36.3 Å². The van der Waals surface area contributed by atoms with Crippen molar-refractivity contribution in [1.29, 1.82) is 0 Å². The zero-order valence-electron chi connectivity index (χ0n) is 12.3. The number of hydrogen-bond donors (Lipinski definition) is 1. The highest BCUT2D eigenvalue weighted by molar-refractivity contribution is 7.13. The second-order valence-corrected chi connectivity index (χ2v) is 6.02.